The van der Waals surface area contributed by atoms with E-state index in [2.05, 4.69) is 13.8 Å². The van der Waals surface area contributed by atoms with Gasteiger partial charge in [0.25, 0.3) is 0 Å². The van der Waals surface area contributed by atoms with Gasteiger partial charge in [-0.1, -0.05) is 46.0 Å². The summed E-state index contributed by atoms with van der Waals surface area (Å²) in [5, 5.41) is 0. The van der Waals surface area contributed by atoms with Gasteiger partial charge in [-0.2, -0.15) is 0 Å². The van der Waals surface area contributed by atoms with Crippen LogP contribution < -0.4 is 0 Å². The van der Waals surface area contributed by atoms with Gasteiger partial charge in [0.15, 0.2) is 0 Å². The molecule has 1 aliphatic rings. The van der Waals surface area contributed by atoms with Crippen molar-refractivity contribution in [2.45, 2.75) is 65.2 Å². The third-order valence-electron chi connectivity index (χ3n) is 4.23. The lowest BCUT2D eigenvalue weighted by Crippen LogP contribution is -2.34. The van der Waals surface area contributed by atoms with Crippen molar-refractivity contribution < 1.29 is 13.2 Å². The Morgan fingerprint density at radius 2 is 1.80 bits per heavy atom. The maximum absolute atomic E-state index is 11.5. The highest BCUT2D eigenvalue weighted by Gasteiger charge is 2.35. The predicted molar refractivity (Wildman–Crippen MR) is 84.7 cm³/mol. The summed E-state index contributed by atoms with van der Waals surface area (Å²) in [5.74, 6) is 0.597. The summed E-state index contributed by atoms with van der Waals surface area (Å²) in [4.78, 5) is 0. The average Bonchev–Trinajstić information content (AvgIpc) is 2.53. The van der Waals surface area contributed by atoms with Crippen LogP contribution in [0.15, 0.2) is 0 Å². The van der Waals surface area contributed by atoms with E-state index in [0.29, 0.717) is 12.5 Å². The van der Waals surface area contributed by atoms with Crippen LogP contribution in [-0.2, 0) is 13.8 Å². The molecule has 1 aliphatic carbocycles. The Balaban J connectivity index is 2.58. The maximum atomic E-state index is 11.5. The van der Waals surface area contributed by atoms with E-state index in [9.17, 15) is 8.42 Å². The van der Waals surface area contributed by atoms with E-state index >= 15 is 0 Å². The molecule has 1 saturated carbocycles. The second kappa shape index (κ2) is 8.60. The van der Waals surface area contributed by atoms with Crippen molar-refractivity contribution in [1.82, 2.24) is 0 Å². The molecule has 1 atom stereocenters. The first-order chi connectivity index (χ1) is 9.37. The molecule has 0 bridgehead atoms. The van der Waals surface area contributed by atoms with E-state index < -0.39 is 9.05 Å². The quantitative estimate of drug-likeness (QED) is 0.492. The van der Waals surface area contributed by atoms with E-state index in [1.165, 1.54) is 12.8 Å². The van der Waals surface area contributed by atoms with Crippen LogP contribution in [0, 0.1) is 11.3 Å². The summed E-state index contributed by atoms with van der Waals surface area (Å²) in [5.41, 5.74) is -0.261. The fraction of sp³-hybridized carbons (Fsp3) is 1.00. The molecule has 0 radical (unpaired) electrons. The van der Waals surface area contributed by atoms with Gasteiger partial charge in [0.1, 0.15) is 0 Å². The highest BCUT2D eigenvalue weighted by atomic mass is 35.7. The molecule has 1 fully saturated rings. The maximum Gasteiger partial charge on any atom is 0.233 e. The van der Waals surface area contributed by atoms with Crippen molar-refractivity contribution in [3.8, 4) is 0 Å². The topological polar surface area (TPSA) is 43.4 Å². The summed E-state index contributed by atoms with van der Waals surface area (Å²) in [7, 11) is 2.05. The molecular weight excluding hydrogens is 296 g/mol. The Kier molecular flexibility index (Phi) is 7.84. The SMILES string of the molecule is CCCC(C)COCC1(CS(=O)(=O)Cl)CCCCCC1. The van der Waals surface area contributed by atoms with Crippen molar-refractivity contribution in [2.24, 2.45) is 11.3 Å². The van der Waals surface area contributed by atoms with Crippen molar-refractivity contribution in [3.05, 3.63) is 0 Å². The number of ether oxygens (including phenoxy) is 1. The molecule has 1 unspecified atom stereocenters. The largest absolute Gasteiger partial charge is 0.381 e. The molecule has 0 heterocycles. The van der Waals surface area contributed by atoms with Gasteiger partial charge in [-0.25, -0.2) is 8.42 Å². The number of halogens is 1. The summed E-state index contributed by atoms with van der Waals surface area (Å²) in [6, 6.07) is 0. The summed E-state index contributed by atoms with van der Waals surface area (Å²) in [6.07, 6.45) is 8.70. The molecule has 0 spiro atoms. The molecule has 0 amide bonds. The van der Waals surface area contributed by atoms with Gasteiger partial charge in [0, 0.05) is 22.7 Å². The molecule has 0 aromatic rings. The fourth-order valence-corrected chi connectivity index (χ4v) is 5.03. The van der Waals surface area contributed by atoms with Crippen LogP contribution >= 0.6 is 10.7 Å². The normalized spacial score (nSPS) is 21.4. The standard InChI is InChI=1S/C15H29ClO3S/c1-3-8-14(2)11-19-12-15(13-20(16,17)18)9-6-4-5-7-10-15/h14H,3-13H2,1-2H3. The molecular formula is C15H29ClO3S. The zero-order valence-electron chi connectivity index (χ0n) is 12.9. The lowest BCUT2D eigenvalue weighted by atomic mass is 9.83. The smallest absolute Gasteiger partial charge is 0.233 e. The number of hydrogen-bond donors (Lipinski definition) is 0. The van der Waals surface area contributed by atoms with Crippen molar-refractivity contribution in [1.29, 1.82) is 0 Å². The van der Waals surface area contributed by atoms with Gasteiger partial charge in [-0.05, 0) is 25.2 Å². The molecule has 3 nitrogen and oxygen atoms in total. The average molecular weight is 325 g/mol. The molecule has 120 valence electrons. The molecule has 0 aromatic carbocycles. The second-order valence-electron chi connectivity index (χ2n) is 6.51. The van der Waals surface area contributed by atoms with E-state index in [1.54, 1.807) is 0 Å². The van der Waals surface area contributed by atoms with E-state index in [1.807, 2.05) is 0 Å². The van der Waals surface area contributed by atoms with Gasteiger partial charge < -0.3 is 4.74 Å². The van der Waals surface area contributed by atoms with Gasteiger partial charge in [-0.3, -0.25) is 0 Å². The van der Waals surface area contributed by atoms with Gasteiger partial charge in [-0.15, -0.1) is 0 Å². The van der Waals surface area contributed by atoms with Gasteiger partial charge >= 0.3 is 0 Å². The first-order valence-corrected chi connectivity index (χ1v) is 10.3. The minimum atomic E-state index is -3.47. The second-order valence-corrected chi connectivity index (χ2v) is 9.28. The first kappa shape index (κ1) is 18.2. The lowest BCUT2D eigenvalue weighted by molar-refractivity contribution is 0.0283. The van der Waals surface area contributed by atoms with E-state index in [0.717, 1.165) is 45.1 Å². The van der Waals surface area contributed by atoms with E-state index in [4.69, 9.17) is 15.4 Å². The molecule has 5 heteroatoms. The molecule has 0 saturated heterocycles. The highest BCUT2D eigenvalue weighted by Crippen LogP contribution is 2.37. The molecule has 20 heavy (non-hydrogen) atoms. The van der Waals surface area contributed by atoms with Crippen LogP contribution in [-0.4, -0.2) is 27.4 Å². The predicted octanol–water partition coefficient (Wildman–Crippen LogP) is 4.35. The van der Waals surface area contributed by atoms with Crippen LogP contribution in [0.25, 0.3) is 0 Å². The summed E-state index contributed by atoms with van der Waals surface area (Å²) in [6.45, 7) is 5.61. The fourth-order valence-electron chi connectivity index (χ4n) is 3.23. The zero-order valence-corrected chi connectivity index (χ0v) is 14.4. The van der Waals surface area contributed by atoms with Crippen molar-refractivity contribution >= 4 is 19.7 Å². The Morgan fingerprint density at radius 1 is 1.20 bits per heavy atom. The van der Waals surface area contributed by atoms with Crippen molar-refractivity contribution in [2.75, 3.05) is 19.0 Å². The van der Waals surface area contributed by atoms with Crippen LogP contribution in [0.2, 0.25) is 0 Å². The monoisotopic (exact) mass is 324 g/mol. The number of hydrogen-bond acceptors (Lipinski definition) is 3. The minimum absolute atomic E-state index is 0.0592. The third-order valence-corrected chi connectivity index (χ3v) is 5.52. The molecule has 1 rings (SSSR count). The van der Waals surface area contributed by atoms with Gasteiger partial charge in [0.2, 0.25) is 9.05 Å². The summed E-state index contributed by atoms with van der Waals surface area (Å²) < 4.78 is 28.9. The highest BCUT2D eigenvalue weighted by molar-refractivity contribution is 8.13. The molecule has 0 aliphatic heterocycles. The number of rotatable bonds is 8. The Bertz CT molecular complexity index is 359. The Hall–Kier alpha value is 0.200. The first-order valence-electron chi connectivity index (χ1n) is 7.87. The summed E-state index contributed by atoms with van der Waals surface area (Å²) >= 11 is 0. The van der Waals surface area contributed by atoms with Gasteiger partial charge in [0.05, 0.1) is 12.4 Å². The van der Waals surface area contributed by atoms with Crippen LogP contribution in [0.5, 0.6) is 0 Å². The minimum Gasteiger partial charge on any atom is -0.381 e. The lowest BCUT2D eigenvalue weighted by Gasteiger charge is -2.31. The third kappa shape index (κ3) is 7.28. The molecule has 0 N–H and O–H groups in total. The van der Waals surface area contributed by atoms with E-state index in [-0.39, 0.29) is 11.2 Å². The Labute approximate surface area is 128 Å². The Morgan fingerprint density at radius 3 is 2.30 bits per heavy atom. The molecule has 0 aromatic heterocycles. The van der Waals surface area contributed by atoms with Crippen LogP contribution in [0.1, 0.15) is 65.2 Å². The van der Waals surface area contributed by atoms with Crippen LogP contribution in [0.3, 0.4) is 0 Å². The van der Waals surface area contributed by atoms with Crippen molar-refractivity contribution in [3.63, 3.8) is 0 Å². The van der Waals surface area contributed by atoms with Crippen LogP contribution in [0.4, 0.5) is 0 Å². The zero-order chi connectivity index (χ0) is 15.1.